The molecule has 6 nitrogen and oxygen atoms in total. The molecular formula is C20H26N2O4. The molecule has 2 fully saturated rings. The van der Waals surface area contributed by atoms with Crippen molar-refractivity contribution in [2.75, 3.05) is 26.7 Å². The average molecular weight is 358 g/mol. The molecule has 1 aliphatic carbocycles. The van der Waals surface area contributed by atoms with Crippen molar-refractivity contribution in [3.05, 3.63) is 35.9 Å². The third-order valence-electron chi connectivity index (χ3n) is 5.76. The van der Waals surface area contributed by atoms with Gasteiger partial charge in [-0.05, 0) is 25.0 Å². The predicted octanol–water partition coefficient (Wildman–Crippen LogP) is 2.00. The monoisotopic (exact) mass is 358 g/mol. The standard InChI is InChI=1S/C20H26N2O4/c1-26-17(23)12-21-18(24)16-13-22(14-20(16)10-6-3-7-11-20)19(25)15-8-4-2-5-9-15/h2,4-5,8-9,16H,3,6-7,10-14H2,1H3,(H,21,24)/t16-/m1/s1. The zero-order valence-electron chi connectivity index (χ0n) is 15.2. The van der Waals surface area contributed by atoms with Gasteiger partial charge < -0.3 is 15.0 Å². The molecule has 0 radical (unpaired) electrons. The van der Waals surface area contributed by atoms with E-state index >= 15 is 0 Å². The molecule has 2 aliphatic rings. The first-order valence-corrected chi connectivity index (χ1v) is 9.24. The molecule has 1 aromatic carbocycles. The molecule has 1 aliphatic heterocycles. The van der Waals surface area contributed by atoms with Gasteiger partial charge >= 0.3 is 5.97 Å². The minimum Gasteiger partial charge on any atom is -0.468 e. The predicted molar refractivity (Wildman–Crippen MR) is 96.4 cm³/mol. The van der Waals surface area contributed by atoms with Gasteiger partial charge in [-0.1, -0.05) is 37.5 Å². The van der Waals surface area contributed by atoms with E-state index in [1.165, 1.54) is 13.5 Å². The number of carbonyl (C=O) groups excluding carboxylic acids is 3. The maximum absolute atomic E-state index is 12.9. The molecule has 1 saturated carbocycles. The van der Waals surface area contributed by atoms with Crippen LogP contribution in [0.3, 0.4) is 0 Å². The van der Waals surface area contributed by atoms with Crippen molar-refractivity contribution in [1.29, 1.82) is 0 Å². The SMILES string of the molecule is COC(=O)CNC(=O)[C@H]1CN(C(=O)c2ccccc2)CC12CCCCC2. The number of hydrogen-bond acceptors (Lipinski definition) is 4. The van der Waals surface area contributed by atoms with E-state index in [4.69, 9.17) is 0 Å². The second-order valence-corrected chi connectivity index (χ2v) is 7.32. The first-order valence-electron chi connectivity index (χ1n) is 9.24. The van der Waals surface area contributed by atoms with Gasteiger partial charge in [-0.2, -0.15) is 0 Å². The number of amides is 2. The van der Waals surface area contributed by atoms with Crippen molar-refractivity contribution in [2.45, 2.75) is 32.1 Å². The molecule has 6 heteroatoms. The van der Waals surface area contributed by atoms with Crippen molar-refractivity contribution < 1.29 is 19.1 Å². The van der Waals surface area contributed by atoms with Crippen LogP contribution in [0.15, 0.2) is 30.3 Å². The molecule has 2 amide bonds. The van der Waals surface area contributed by atoms with Gasteiger partial charge in [-0.3, -0.25) is 14.4 Å². The van der Waals surface area contributed by atoms with Crippen molar-refractivity contribution in [1.82, 2.24) is 10.2 Å². The maximum Gasteiger partial charge on any atom is 0.325 e. The number of rotatable bonds is 4. The quantitative estimate of drug-likeness (QED) is 0.836. The number of hydrogen-bond donors (Lipinski definition) is 1. The molecule has 0 aromatic heterocycles. The fraction of sp³-hybridized carbons (Fsp3) is 0.550. The van der Waals surface area contributed by atoms with Gasteiger partial charge in [0.15, 0.2) is 0 Å². The Labute approximate surface area is 153 Å². The summed E-state index contributed by atoms with van der Waals surface area (Å²) in [5, 5.41) is 2.69. The lowest BCUT2D eigenvalue weighted by Crippen LogP contribution is -2.44. The van der Waals surface area contributed by atoms with Crippen LogP contribution < -0.4 is 5.32 Å². The molecule has 1 N–H and O–H groups in total. The van der Waals surface area contributed by atoms with Crippen LogP contribution in [0, 0.1) is 11.3 Å². The molecule has 1 spiro atoms. The molecule has 1 atom stereocenters. The summed E-state index contributed by atoms with van der Waals surface area (Å²) in [6, 6.07) is 9.19. The number of ether oxygens (including phenoxy) is 1. The zero-order valence-corrected chi connectivity index (χ0v) is 15.2. The minimum atomic E-state index is -0.466. The Morgan fingerprint density at radius 1 is 1.15 bits per heavy atom. The Morgan fingerprint density at radius 2 is 1.85 bits per heavy atom. The third-order valence-corrected chi connectivity index (χ3v) is 5.76. The highest BCUT2D eigenvalue weighted by molar-refractivity contribution is 5.95. The molecule has 140 valence electrons. The number of nitrogens with one attached hydrogen (secondary N) is 1. The van der Waals surface area contributed by atoms with E-state index in [0.29, 0.717) is 18.7 Å². The van der Waals surface area contributed by atoms with Gasteiger partial charge in [-0.25, -0.2) is 0 Å². The van der Waals surface area contributed by atoms with E-state index in [2.05, 4.69) is 10.1 Å². The number of benzene rings is 1. The normalized spacial score (nSPS) is 21.4. The number of nitrogens with zero attached hydrogens (tertiary/aromatic N) is 1. The summed E-state index contributed by atoms with van der Waals surface area (Å²) in [7, 11) is 1.30. The molecular weight excluding hydrogens is 332 g/mol. The third kappa shape index (κ3) is 3.74. The van der Waals surface area contributed by atoms with Gasteiger partial charge in [0.05, 0.1) is 13.0 Å². The number of likely N-dealkylation sites (tertiary alicyclic amines) is 1. The van der Waals surface area contributed by atoms with Gasteiger partial charge in [-0.15, -0.1) is 0 Å². The van der Waals surface area contributed by atoms with Gasteiger partial charge in [0, 0.05) is 24.1 Å². The van der Waals surface area contributed by atoms with Crippen LogP contribution in [-0.4, -0.2) is 49.4 Å². The Hall–Kier alpha value is -2.37. The second-order valence-electron chi connectivity index (χ2n) is 7.32. The van der Waals surface area contributed by atoms with Gasteiger partial charge in [0.25, 0.3) is 5.91 Å². The summed E-state index contributed by atoms with van der Waals surface area (Å²) < 4.78 is 4.60. The number of esters is 1. The molecule has 26 heavy (non-hydrogen) atoms. The molecule has 0 bridgehead atoms. The van der Waals surface area contributed by atoms with E-state index in [-0.39, 0.29) is 29.7 Å². The van der Waals surface area contributed by atoms with E-state index in [1.54, 1.807) is 12.1 Å². The van der Waals surface area contributed by atoms with Crippen LogP contribution in [0.5, 0.6) is 0 Å². The fourth-order valence-corrected chi connectivity index (χ4v) is 4.37. The number of carbonyl (C=O) groups is 3. The highest BCUT2D eigenvalue weighted by Crippen LogP contribution is 2.47. The van der Waals surface area contributed by atoms with E-state index < -0.39 is 5.97 Å². The lowest BCUT2D eigenvalue weighted by molar-refractivity contribution is -0.142. The van der Waals surface area contributed by atoms with Crippen LogP contribution in [0.2, 0.25) is 0 Å². The summed E-state index contributed by atoms with van der Waals surface area (Å²) in [4.78, 5) is 38.8. The Balaban J connectivity index is 1.76. The van der Waals surface area contributed by atoms with Crippen molar-refractivity contribution in [3.8, 4) is 0 Å². The van der Waals surface area contributed by atoms with E-state index in [9.17, 15) is 14.4 Å². The highest BCUT2D eigenvalue weighted by atomic mass is 16.5. The molecule has 3 rings (SSSR count). The first-order chi connectivity index (χ1) is 12.6. The van der Waals surface area contributed by atoms with Gasteiger partial charge in [0.1, 0.15) is 6.54 Å². The molecule has 1 heterocycles. The van der Waals surface area contributed by atoms with E-state index in [1.807, 2.05) is 23.1 Å². The second kappa shape index (κ2) is 7.89. The van der Waals surface area contributed by atoms with Crippen LogP contribution in [0.1, 0.15) is 42.5 Å². The number of methoxy groups -OCH3 is 1. The van der Waals surface area contributed by atoms with Gasteiger partial charge in [0.2, 0.25) is 5.91 Å². The zero-order chi connectivity index (χ0) is 18.6. The van der Waals surface area contributed by atoms with E-state index in [0.717, 1.165) is 25.7 Å². The molecule has 0 unspecified atom stereocenters. The molecule has 1 aromatic rings. The average Bonchev–Trinajstić information content (AvgIpc) is 3.05. The van der Waals surface area contributed by atoms with Crippen LogP contribution in [-0.2, 0) is 14.3 Å². The van der Waals surface area contributed by atoms with Crippen LogP contribution in [0.25, 0.3) is 0 Å². The summed E-state index contributed by atoms with van der Waals surface area (Å²) in [6.07, 6.45) is 5.22. The summed E-state index contributed by atoms with van der Waals surface area (Å²) in [5.41, 5.74) is 0.470. The van der Waals surface area contributed by atoms with Crippen molar-refractivity contribution in [2.24, 2.45) is 11.3 Å². The topological polar surface area (TPSA) is 75.7 Å². The largest absolute Gasteiger partial charge is 0.468 e. The summed E-state index contributed by atoms with van der Waals surface area (Å²) in [6.45, 7) is 0.881. The lowest BCUT2D eigenvalue weighted by atomic mass is 9.67. The minimum absolute atomic E-state index is 0.0289. The highest BCUT2D eigenvalue weighted by Gasteiger charge is 2.51. The maximum atomic E-state index is 12.9. The lowest BCUT2D eigenvalue weighted by Gasteiger charge is -2.37. The van der Waals surface area contributed by atoms with Crippen LogP contribution >= 0.6 is 0 Å². The van der Waals surface area contributed by atoms with Crippen LogP contribution in [0.4, 0.5) is 0 Å². The molecule has 1 saturated heterocycles. The van der Waals surface area contributed by atoms with Crippen molar-refractivity contribution in [3.63, 3.8) is 0 Å². The van der Waals surface area contributed by atoms with Crippen molar-refractivity contribution >= 4 is 17.8 Å². The Bertz CT molecular complexity index is 668. The summed E-state index contributed by atoms with van der Waals surface area (Å²) in [5.74, 6) is -0.925. The Morgan fingerprint density at radius 3 is 2.50 bits per heavy atom. The summed E-state index contributed by atoms with van der Waals surface area (Å²) >= 11 is 0. The Kier molecular flexibility index (Phi) is 5.59. The fourth-order valence-electron chi connectivity index (χ4n) is 4.37. The smallest absolute Gasteiger partial charge is 0.325 e. The first kappa shape index (κ1) is 18.4.